The summed E-state index contributed by atoms with van der Waals surface area (Å²) in [6.45, 7) is 4.52. The van der Waals surface area contributed by atoms with E-state index in [4.69, 9.17) is 4.74 Å². The van der Waals surface area contributed by atoms with Crippen LogP contribution in [0.25, 0.3) is 11.1 Å². The summed E-state index contributed by atoms with van der Waals surface area (Å²) in [4.78, 5) is 39.7. The molecule has 1 N–H and O–H groups in total. The molecule has 2 rings (SSSR count). The van der Waals surface area contributed by atoms with Crippen LogP contribution in [0.5, 0.6) is 0 Å². The Labute approximate surface area is 146 Å². The van der Waals surface area contributed by atoms with Crippen LogP contribution in [0.3, 0.4) is 0 Å². The number of nitrogens with one attached hydrogen (secondary N) is 1. The molecule has 0 bridgehead atoms. The van der Waals surface area contributed by atoms with Crippen LogP contribution in [0, 0.1) is 5.92 Å². The maximum Gasteiger partial charge on any atom is 0.338 e. The number of hydrogen-bond acceptors (Lipinski definition) is 5. The minimum atomic E-state index is -0.589. The van der Waals surface area contributed by atoms with Crippen LogP contribution in [0.15, 0.2) is 36.7 Å². The summed E-state index contributed by atoms with van der Waals surface area (Å²) >= 11 is 0. The number of aldehydes is 1. The first kappa shape index (κ1) is 18.3. The molecule has 130 valence electrons. The fourth-order valence-electron chi connectivity index (χ4n) is 2.33. The van der Waals surface area contributed by atoms with Crippen LogP contribution in [0.1, 0.15) is 44.9 Å². The third-order valence-corrected chi connectivity index (χ3v) is 3.63. The maximum atomic E-state index is 12.3. The molecule has 2 aromatic rings. The Morgan fingerprint density at radius 1 is 1.24 bits per heavy atom. The second-order valence-corrected chi connectivity index (χ2v) is 5.94. The smallest absolute Gasteiger partial charge is 0.338 e. The molecule has 6 nitrogen and oxygen atoms in total. The summed E-state index contributed by atoms with van der Waals surface area (Å²) in [5.41, 5.74) is 1.95. The molecular weight excluding hydrogens is 320 g/mol. The highest BCUT2D eigenvalue weighted by Gasteiger charge is 2.18. The van der Waals surface area contributed by atoms with Crippen molar-refractivity contribution in [1.29, 1.82) is 0 Å². The monoisotopic (exact) mass is 340 g/mol. The first-order valence-corrected chi connectivity index (χ1v) is 7.88. The fraction of sp³-hybridized carbons (Fsp3) is 0.263. The van der Waals surface area contributed by atoms with E-state index >= 15 is 0 Å². The Morgan fingerprint density at radius 2 is 2.00 bits per heavy atom. The standard InChI is InChI=1S/C19H20N2O4/c1-12(2)9-21-18(23)13-4-5-15(16(8-13)19(24)25-3)17-10-20-7-6-14(17)11-22/h4-8,10-12H,9H2,1-3H3,(H,21,23). The van der Waals surface area contributed by atoms with Gasteiger partial charge in [-0.25, -0.2) is 4.79 Å². The van der Waals surface area contributed by atoms with Gasteiger partial charge in [-0.05, 0) is 29.7 Å². The lowest BCUT2D eigenvalue weighted by Crippen LogP contribution is -2.27. The Morgan fingerprint density at radius 3 is 2.64 bits per heavy atom. The number of amides is 1. The van der Waals surface area contributed by atoms with Gasteiger partial charge in [-0.2, -0.15) is 0 Å². The van der Waals surface area contributed by atoms with Crippen LogP contribution < -0.4 is 5.32 Å². The quantitative estimate of drug-likeness (QED) is 0.645. The molecule has 1 amide bonds. The van der Waals surface area contributed by atoms with Crippen LogP contribution in [0.2, 0.25) is 0 Å². The number of benzene rings is 1. The molecule has 1 heterocycles. The number of hydrogen-bond donors (Lipinski definition) is 1. The number of carbonyl (C=O) groups is 3. The molecule has 0 saturated carbocycles. The normalized spacial score (nSPS) is 10.4. The van der Waals surface area contributed by atoms with E-state index in [1.54, 1.807) is 18.2 Å². The van der Waals surface area contributed by atoms with E-state index in [-0.39, 0.29) is 11.5 Å². The van der Waals surface area contributed by atoms with Gasteiger partial charge in [0.25, 0.3) is 5.91 Å². The van der Waals surface area contributed by atoms with E-state index in [1.807, 2.05) is 13.8 Å². The lowest BCUT2D eigenvalue weighted by Gasteiger charge is -2.12. The van der Waals surface area contributed by atoms with E-state index in [0.29, 0.717) is 41.0 Å². The number of methoxy groups -OCH3 is 1. The summed E-state index contributed by atoms with van der Waals surface area (Å²) in [5.74, 6) is -0.546. The van der Waals surface area contributed by atoms with Crippen LogP contribution in [-0.2, 0) is 4.74 Å². The topological polar surface area (TPSA) is 85.4 Å². The highest BCUT2D eigenvalue weighted by molar-refractivity contribution is 6.03. The largest absolute Gasteiger partial charge is 0.465 e. The van der Waals surface area contributed by atoms with Crippen molar-refractivity contribution >= 4 is 18.2 Å². The Balaban J connectivity index is 2.50. The van der Waals surface area contributed by atoms with Gasteiger partial charge in [0.15, 0.2) is 6.29 Å². The molecule has 1 aromatic carbocycles. The third-order valence-electron chi connectivity index (χ3n) is 3.63. The van der Waals surface area contributed by atoms with Gasteiger partial charge in [-0.3, -0.25) is 14.6 Å². The third kappa shape index (κ3) is 4.29. The van der Waals surface area contributed by atoms with Crippen LogP contribution in [-0.4, -0.2) is 36.8 Å². The number of aromatic nitrogens is 1. The number of ether oxygens (including phenoxy) is 1. The van der Waals surface area contributed by atoms with E-state index in [2.05, 4.69) is 10.3 Å². The van der Waals surface area contributed by atoms with Crippen molar-refractivity contribution in [3.63, 3.8) is 0 Å². The minimum absolute atomic E-state index is 0.204. The molecule has 6 heteroatoms. The predicted octanol–water partition coefficient (Wildman–Crippen LogP) is 2.73. The van der Waals surface area contributed by atoms with Gasteiger partial charge in [-0.15, -0.1) is 0 Å². The lowest BCUT2D eigenvalue weighted by molar-refractivity contribution is 0.0601. The summed E-state index contributed by atoms with van der Waals surface area (Å²) in [6.07, 6.45) is 3.70. The summed E-state index contributed by atoms with van der Waals surface area (Å²) in [5, 5.41) is 2.80. The SMILES string of the molecule is COC(=O)c1cc(C(=O)NCC(C)C)ccc1-c1cnccc1C=O. The maximum absolute atomic E-state index is 12.3. The first-order valence-electron chi connectivity index (χ1n) is 7.88. The molecule has 0 saturated heterocycles. The zero-order chi connectivity index (χ0) is 18.4. The van der Waals surface area contributed by atoms with Crippen LogP contribution >= 0.6 is 0 Å². The van der Waals surface area contributed by atoms with E-state index < -0.39 is 5.97 Å². The molecule has 0 fully saturated rings. The molecule has 0 aliphatic carbocycles. The molecule has 0 unspecified atom stereocenters. The zero-order valence-corrected chi connectivity index (χ0v) is 14.4. The van der Waals surface area contributed by atoms with Crippen molar-refractivity contribution in [3.8, 4) is 11.1 Å². The van der Waals surface area contributed by atoms with E-state index in [9.17, 15) is 14.4 Å². The molecule has 0 radical (unpaired) electrons. The van der Waals surface area contributed by atoms with E-state index in [0.717, 1.165) is 0 Å². The molecule has 0 aliphatic rings. The van der Waals surface area contributed by atoms with Crippen molar-refractivity contribution in [2.45, 2.75) is 13.8 Å². The van der Waals surface area contributed by atoms with E-state index in [1.165, 1.54) is 25.6 Å². The summed E-state index contributed by atoms with van der Waals surface area (Å²) < 4.78 is 4.83. The molecule has 25 heavy (non-hydrogen) atoms. The van der Waals surface area contributed by atoms with Crippen molar-refractivity contribution in [2.75, 3.05) is 13.7 Å². The van der Waals surface area contributed by atoms with Gasteiger partial charge in [0, 0.05) is 35.6 Å². The van der Waals surface area contributed by atoms with Crippen molar-refractivity contribution in [1.82, 2.24) is 10.3 Å². The highest BCUT2D eigenvalue weighted by Crippen LogP contribution is 2.27. The second kappa shape index (κ2) is 8.19. The van der Waals surface area contributed by atoms with Crippen molar-refractivity contribution < 1.29 is 19.1 Å². The molecule has 0 aliphatic heterocycles. The average Bonchev–Trinajstić information content (AvgIpc) is 2.64. The zero-order valence-electron chi connectivity index (χ0n) is 14.4. The van der Waals surface area contributed by atoms with Gasteiger partial charge >= 0.3 is 5.97 Å². The molecule has 1 aromatic heterocycles. The molecule has 0 spiro atoms. The molecule has 0 atom stereocenters. The van der Waals surface area contributed by atoms with Crippen LogP contribution in [0.4, 0.5) is 0 Å². The Hall–Kier alpha value is -3.02. The first-order chi connectivity index (χ1) is 12.0. The summed E-state index contributed by atoms with van der Waals surface area (Å²) in [7, 11) is 1.27. The highest BCUT2D eigenvalue weighted by atomic mass is 16.5. The Kier molecular flexibility index (Phi) is 6.00. The lowest BCUT2D eigenvalue weighted by atomic mass is 9.95. The predicted molar refractivity (Wildman–Crippen MR) is 93.6 cm³/mol. The molecular formula is C19H20N2O4. The number of pyridine rings is 1. The number of rotatable bonds is 6. The van der Waals surface area contributed by atoms with Gasteiger partial charge in [0.05, 0.1) is 12.7 Å². The van der Waals surface area contributed by atoms with Gasteiger partial charge in [-0.1, -0.05) is 19.9 Å². The van der Waals surface area contributed by atoms with Crippen molar-refractivity contribution in [3.05, 3.63) is 53.3 Å². The average molecular weight is 340 g/mol. The Bertz CT molecular complexity index is 800. The van der Waals surface area contributed by atoms with Gasteiger partial charge < -0.3 is 10.1 Å². The number of nitrogens with zero attached hydrogens (tertiary/aromatic N) is 1. The number of esters is 1. The van der Waals surface area contributed by atoms with Gasteiger partial charge in [0.2, 0.25) is 0 Å². The number of carbonyl (C=O) groups excluding carboxylic acids is 3. The van der Waals surface area contributed by atoms with Crippen molar-refractivity contribution in [2.24, 2.45) is 5.92 Å². The fourth-order valence-corrected chi connectivity index (χ4v) is 2.33. The summed E-state index contributed by atoms with van der Waals surface area (Å²) in [6, 6.07) is 6.27. The van der Waals surface area contributed by atoms with Gasteiger partial charge in [0.1, 0.15) is 0 Å². The minimum Gasteiger partial charge on any atom is -0.465 e. The second-order valence-electron chi connectivity index (χ2n) is 5.94.